The van der Waals surface area contributed by atoms with Crippen LogP contribution in [0.4, 0.5) is 0 Å². The van der Waals surface area contributed by atoms with E-state index in [0.29, 0.717) is 0 Å². The van der Waals surface area contributed by atoms with Gasteiger partial charge in [-0.1, -0.05) is 38.5 Å². The van der Waals surface area contributed by atoms with Crippen LogP contribution in [0.25, 0.3) is 0 Å². The molecule has 0 bridgehead atoms. The first-order chi connectivity index (χ1) is 13.4. The number of benzene rings is 1. The number of hydrogen-bond acceptors (Lipinski definition) is 10. The van der Waals surface area contributed by atoms with Crippen molar-refractivity contribution < 1.29 is 52.6 Å². The van der Waals surface area contributed by atoms with Gasteiger partial charge in [0.05, 0.1) is 11.3 Å². The van der Waals surface area contributed by atoms with Crippen LogP contribution < -0.4 is 15.3 Å². The summed E-state index contributed by atoms with van der Waals surface area (Å²) in [6.07, 6.45) is -0.373. The van der Waals surface area contributed by atoms with Crippen LogP contribution in [0.1, 0.15) is 39.7 Å². The topological polar surface area (TPSA) is 215 Å². The molecule has 0 heterocycles. The third-order valence-electron chi connectivity index (χ3n) is 2.66. The Morgan fingerprint density at radius 3 is 1.43 bits per heavy atom. The Hall–Kier alpha value is -2.99. The van der Waals surface area contributed by atoms with E-state index in [0.717, 1.165) is 12.5 Å². The minimum atomic E-state index is -4.27. The van der Waals surface area contributed by atoms with E-state index in [9.17, 15) is 37.6 Å². The molecule has 0 fully saturated rings. The number of carboxylic acids is 4. The fourth-order valence-electron chi connectivity index (χ4n) is 1.05. The number of aryl methyl sites for hydroxylation is 1. The lowest BCUT2D eigenvalue weighted by molar-refractivity contribution is -0.312. The van der Waals surface area contributed by atoms with E-state index in [-0.39, 0.29) is 17.2 Å². The smallest absolute Gasteiger partial charge is 0.303 e. The molecule has 1 atom stereocenters. The molecule has 172 valence electrons. The largest absolute Gasteiger partial charge is 0.744 e. The second-order valence-corrected chi connectivity index (χ2v) is 7.43. The molecular formula is C18H24O11S-4. The highest BCUT2D eigenvalue weighted by Crippen LogP contribution is 2.08. The van der Waals surface area contributed by atoms with E-state index in [4.69, 9.17) is 15.0 Å². The van der Waals surface area contributed by atoms with Crippen LogP contribution in [0.2, 0.25) is 0 Å². The molecule has 0 radical (unpaired) electrons. The average molecular weight is 448 g/mol. The van der Waals surface area contributed by atoms with Gasteiger partial charge in [0, 0.05) is 23.8 Å². The molecule has 12 heteroatoms. The van der Waals surface area contributed by atoms with E-state index >= 15 is 0 Å². The van der Waals surface area contributed by atoms with Crippen molar-refractivity contribution in [2.24, 2.45) is 11.8 Å². The number of aliphatic carboxylic acids is 4. The van der Waals surface area contributed by atoms with Gasteiger partial charge in [-0.2, -0.15) is 0 Å². The third kappa shape index (κ3) is 23.0. The van der Waals surface area contributed by atoms with Crippen molar-refractivity contribution in [3.05, 3.63) is 29.8 Å². The summed E-state index contributed by atoms with van der Waals surface area (Å²) in [6.45, 7) is 7.25. The van der Waals surface area contributed by atoms with E-state index in [1.165, 1.54) is 19.1 Å². The minimum absolute atomic E-state index is 0.178. The molecule has 1 rings (SSSR count). The van der Waals surface area contributed by atoms with Gasteiger partial charge in [0.1, 0.15) is 10.1 Å². The van der Waals surface area contributed by atoms with Crippen LogP contribution in [0.3, 0.4) is 0 Å². The molecule has 1 N–H and O–H groups in total. The molecule has 0 aromatic heterocycles. The molecule has 1 aromatic rings. The number of carbonyl (C=O) groups is 4. The maximum atomic E-state index is 10.4. The highest BCUT2D eigenvalue weighted by Gasteiger charge is 2.06. The zero-order chi connectivity index (χ0) is 24.7. The Labute approximate surface area is 174 Å². The second-order valence-electron chi connectivity index (χ2n) is 6.05. The highest BCUT2D eigenvalue weighted by atomic mass is 32.2. The summed E-state index contributed by atoms with van der Waals surface area (Å²) in [5, 5.41) is 36.4. The van der Waals surface area contributed by atoms with Crippen molar-refractivity contribution >= 4 is 34.0 Å². The monoisotopic (exact) mass is 448 g/mol. The number of carbonyl (C=O) groups excluding carboxylic acids is 3. The maximum Gasteiger partial charge on any atom is 0.303 e. The van der Waals surface area contributed by atoms with Crippen LogP contribution in [0, 0.1) is 18.8 Å². The summed E-state index contributed by atoms with van der Waals surface area (Å²) >= 11 is 0. The van der Waals surface area contributed by atoms with E-state index in [1.54, 1.807) is 26.0 Å². The normalized spacial score (nSPS) is 10.6. The second kappa shape index (κ2) is 15.9. The molecule has 0 spiro atoms. The SMILES string of the molecule is CC(=O)[O-].CC(C)C(=O)[O-].CC(CC(=O)O)C(=O)[O-].Cc1ccc(S(=O)(=O)[O-])cc1. The van der Waals surface area contributed by atoms with Gasteiger partial charge in [-0.25, -0.2) is 8.42 Å². The van der Waals surface area contributed by atoms with E-state index in [2.05, 4.69) is 0 Å². The quantitative estimate of drug-likeness (QED) is 0.481. The Balaban J connectivity index is -0.000000347. The van der Waals surface area contributed by atoms with Gasteiger partial charge in [-0.3, -0.25) is 4.79 Å². The van der Waals surface area contributed by atoms with Crippen LogP contribution >= 0.6 is 0 Å². The van der Waals surface area contributed by atoms with Gasteiger partial charge in [-0.15, -0.1) is 0 Å². The van der Waals surface area contributed by atoms with Gasteiger partial charge in [0.15, 0.2) is 0 Å². The van der Waals surface area contributed by atoms with Crippen molar-refractivity contribution in [2.75, 3.05) is 0 Å². The molecule has 0 amide bonds. The van der Waals surface area contributed by atoms with E-state index < -0.39 is 39.9 Å². The predicted molar refractivity (Wildman–Crippen MR) is 96.1 cm³/mol. The molecule has 0 saturated carbocycles. The van der Waals surface area contributed by atoms with Crippen molar-refractivity contribution in [3.8, 4) is 0 Å². The number of carboxylic acid groups (broad SMARTS) is 4. The maximum absolute atomic E-state index is 10.4. The third-order valence-corrected chi connectivity index (χ3v) is 3.51. The first-order valence-electron chi connectivity index (χ1n) is 8.25. The molecule has 11 nitrogen and oxygen atoms in total. The van der Waals surface area contributed by atoms with Crippen molar-refractivity contribution in [3.63, 3.8) is 0 Å². The molecule has 0 aliphatic carbocycles. The first kappa shape index (κ1) is 31.7. The lowest BCUT2D eigenvalue weighted by Gasteiger charge is -2.07. The summed E-state index contributed by atoms with van der Waals surface area (Å²) in [7, 11) is -4.27. The summed E-state index contributed by atoms with van der Waals surface area (Å²) < 4.78 is 31.2. The fraction of sp³-hybridized carbons (Fsp3) is 0.444. The van der Waals surface area contributed by atoms with Gasteiger partial charge in [-0.05, 0) is 31.9 Å². The molecule has 30 heavy (non-hydrogen) atoms. The first-order valence-corrected chi connectivity index (χ1v) is 9.66. The summed E-state index contributed by atoms with van der Waals surface area (Å²) in [5.41, 5.74) is 0.928. The van der Waals surface area contributed by atoms with Crippen molar-refractivity contribution in [1.82, 2.24) is 0 Å². The zero-order valence-corrected chi connectivity index (χ0v) is 17.9. The predicted octanol–water partition coefficient (Wildman–Crippen LogP) is -2.11. The standard InChI is InChI=1S/C7H8O3S.C5H8O4.C4H8O2.C2H4O2/c1-6-2-4-7(5-3-6)11(8,9)10;1-3(5(8)9)2-4(6)7;1-3(2)4(5)6;1-2(3)4/h2-5H,1H3,(H,8,9,10);3H,2H2,1H3,(H,6,7)(H,8,9);3H,1-2H3,(H,5,6);1H3,(H,3,4)/p-4. The average Bonchev–Trinajstić information content (AvgIpc) is 2.54. The lowest BCUT2D eigenvalue weighted by atomic mass is 10.1. The van der Waals surface area contributed by atoms with Crippen LogP contribution in [0.15, 0.2) is 29.2 Å². The molecule has 1 aromatic carbocycles. The van der Waals surface area contributed by atoms with Crippen LogP contribution in [-0.2, 0) is 29.3 Å². The number of rotatable bonds is 5. The van der Waals surface area contributed by atoms with Gasteiger partial charge >= 0.3 is 5.97 Å². The molecule has 0 aliphatic heterocycles. The molecule has 0 saturated heterocycles. The Bertz CT molecular complexity index is 777. The highest BCUT2D eigenvalue weighted by molar-refractivity contribution is 7.85. The zero-order valence-electron chi connectivity index (χ0n) is 17.1. The Morgan fingerprint density at radius 1 is 0.933 bits per heavy atom. The Kier molecular flexibility index (Phi) is 16.8. The lowest BCUT2D eigenvalue weighted by Crippen LogP contribution is -2.30. The van der Waals surface area contributed by atoms with Crippen LogP contribution in [0.5, 0.6) is 0 Å². The van der Waals surface area contributed by atoms with Crippen molar-refractivity contribution in [2.45, 2.75) is 45.9 Å². The summed E-state index contributed by atoms with van der Waals surface area (Å²) in [4.78, 5) is 38.0. The summed E-state index contributed by atoms with van der Waals surface area (Å²) in [5.74, 6) is -5.76. The molecular weight excluding hydrogens is 424 g/mol. The Morgan fingerprint density at radius 2 is 1.27 bits per heavy atom. The van der Waals surface area contributed by atoms with Crippen LogP contribution in [-0.4, -0.2) is 42.0 Å². The summed E-state index contributed by atoms with van der Waals surface area (Å²) in [6, 6.07) is 5.78. The minimum Gasteiger partial charge on any atom is -0.744 e. The molecule has 0 aliphatic rings. The number of hydrogen-bond donors (Lipinski definition) is 1. The van der Waals surface area contributed by atoms with Gasteiger partial charge < -0.3 is 39.4 Å². The fourth-order valence-corrected chi connectivity index (χ4v) is 1.52. The van der Waals surface area contributed by atoms with Gasteiger partial charge in [0.2, 0.25) is 0 Å². The van der Waals surface area contributed by atoms with Crippen molar-refractivity contribution in [1.29, 1.82) is 0 Å². The van der Waals surface area contributed by atoms with E-state index in [1.807, 2.05) is 6.92 Å². The molecule has 1 unspecified atom stereocenters. The van der Waals surface area contributed by atoms with Gasteiger partial charge in [0.25, 0.3) is 0 Å².